The first-order valence-corrected chi connectivity index (χ1v) is 11.9. The Kier molecular flexibility index (Phi) is 4.45. The van der Waals surface area contributed by atoms with Crippen molar-refractivity contribution in [2.24, 2.45) is 11.7 Å². The van der Waals surface area contributed by atoms with Crippen LogP contribution in [0.1, 0.15) is 15.9 Å². The summed E-state index contributed by atoms with van der Waals surface area (Å²) in [6.07, 6.45) is 0. The molecule has 0 unspecified atom stereocenters. The lowest BCUT2D eigenvalue weighted by molar-refractivity contribution is 0.0787. The van der Waals surface area contributed by atoms with Crippen molar-refractivity contribution in [2.45, 2.75) is 18.2 Å². The zero-order chi connectivity index (χ0) is 21.0. The van der Waals surface area contributed by atoms with Gasteiger partial charge in [0.05, 0.1) is 11.0 Å². The van der Waals surface area contributed by atoms with Crippen LogP contribution in [0.4, 0.5) is 0 Å². The smallest absolute Gasteiger partial charge is 0.254 e. The summed E-state index contributed by atoms with van der Waals surface area (Å²) in [5.74, 6) is -0.269. The van der Waals surface area contributed by atoms with E-state index < -0.39 is 21.1 Å². The number of sulfone groups is 1. The van der Waals surface area contributed by atoms with Crippen LogP contribution in [0.5, 0.6) is 0 Å². The summed E-state index contributed by atoms with van der Waals surface area (Å²) in [5, 5.41) is 1.36. The standard InChI is InChI=1S/C24H24N2O3S/c1-15-5-4-6-16(11-15)17-9-10-20(19-8-3-2-7-18(17)19)24(27)26-12-21-22(25)14-30(28,29)23(21)13-26/h2-11,21-23H,12-14,25H2,1H3/t21-,22+,23-/m0/s1. The Morgan fingerprint density at radius 2 is 1.77 bits per heavy atom. The molecule has 2 N–H and O–H groups in total. The lowest BCUT2D eigenvalue weighted by atomic mass is 9.94. The first-order valence-electron chi connectivity index (χ1n) is 10.2. The molecule has 0 radical (unpaired) electrons. The van der Waals surface area contributed by atoms with Crippen LogP contribution in [0.3, 0.4) is 0 Å². The number of aryl methyl sites for hydroxylation is 1. The molecular weight excluding hydrogens is 396 g/mol. The lowest BCUT2D eigenvalue weighted by Crippen LogP contribution is -2.35. The van der Waals surface area contributed by atoms with Crippen LogP contribution in [0.2, 0.25) is 0 Å². The van der Waals surface area contributed by atoms with Crippen molar-refractivity contribution in [1.29, 1.82) is 0 Å². The summed E-state index contributed by atoms with van der Waals surface area (Å²) in [6, 6.07) is 19.7. The van der Waals surface area contributed by atoms with E-state index in [9.17, 15) is 13.2 Å². The van der Waals surface area contributed by atoms with Gasteiger partial charge >= 0.3 is 0 Å². The van der Waals surface area contributed by atoms with Crippen LogP contribution in [0, 0.1) is 12.8 Å². The molecule has 0 spiro atoms. The summed E-state index contributed by atoms with van der Waals surface area (Å²) in [5.41, 5.74) is 10.0. The van der Waals surface area contributed by atoms with Gasteiger partial charge in [0.25, 0.3) is 5.91 Å². The molecule has 3 aromatic carbocycles. The number of benzene rings is 3. The van der Waals surface area contributed by atoms with Crippen LogP contribution in [0.25, 0.3) is 21.9 Å². The van der Waals surface area contributed by atoms with Crippen LogP contribution in [-0.2, 0) is 9.84 Å². The van der Waals surface area contributed by atoms with Gasteiger partial charge in [-0.25, -0.2) is 8.42 Å². The number of carbonyl (C=O) groups is 1. The van der Waals surface area contributed by atoms with Crippen molar-refractivity contribution in [2.75, 3.05) is 18.8 Å². The van der Waals surface area contributed by atoms with Gasteiger partial charge in [-0.2, -0.15) is 0 Å². The maximum Gasteiger partial charge on any atom is 0.254 e. The highest BCUT2D eigenvalue weighted by atomic mass is 32.2. The number of carbonyl (C=O) groups excluding carboxylic acids is 1. The van der Waals surface area contributed by atoms with Crippen LogP contribution in [0.15, 0.2) is 60.7 Å². The van der Waals surface area contributed by atoms with Gasteiger partial charge in [0.15, 0.2) is 9.84 Å². The van der Waals surface area contributed by atoms with E-state index in [2.05, 4.69) is 25.1 Å². The zero-order valence-electron chi connectivity index (χ0n) is 16.8. The maximum atomic E-state index is 13.4. The highest BCUT2D eigenvalue weighted by molar-refractivity contribution is 7.92. The Bertz CT molecular complexity index is 1270. The second-order valence-corrected chi connectivity index (χ2v) is 10.7. The number of hydrogen-bond acceptors (Lipinski definition) is 4. The van der Waals surface area contributed by atoms with E-state index in [0.717, 1.165) is 21.9 Å². The van der Waals surface area contributed by atoms with E-state index in [1.54, 1.807) is 4.90 Å². The molecule has 0 aromatic heterocycles. The molecule has 2 saturated heterocycles. The third-order valence-corrected chi connectivity index (χ3v) is 8.79. The Morgan fingerprint density at radius 1 is 1.00 bits per heavy atom. The van der Waals surface area contributed by atoms with Gasteiger partial charge in [-0.05, 0) is 34.9 Å². The summed E-state index contributed by atoms with van der Waals surface area (Å²) < 4.78 is 24.8. The summed E-state index contributed by atoms with van der Waals surface area (Å²) in [7, 11) is -3.23. The number of rotatable bonds is 2. The predicted molar refractivity (Wildman–Crippen MR) is 119 cm³/mol. The topological polar surface area (TPSA) is 80.5 Å². The fraction of sp³-hybridized carbons (Fsp3) is 0.292. The molecule has 0 saturated carbocycles. The van der Waals surface area contributed by atoms with E-state index >= 15 is 0 Å². The van der Waals surface area contributed by atoms with Gasteiger partial charge in [-0.1, -0.05) is 60.2 Å². The third kappa shape index (κ3) is 3.02. The molecule has 5 nitrogen and oxygen atoms in total. The van der Waals surface area contributed by atoms with Gasteiger partial charge in [0.1, 0.15) is 0 Å². The fourth-order valence-electron chi connectivity index (χ4n) is 4.99. The molecule has 1 amide bonds. The van der Waals surface area contributed by atoms with E-state index in [-0.39, 0.29) is 24.1 Å². The van der Waals surface area contributed by atoms with Crippen LogP contribution in [-0.4, -0.2) is 49.4 Å². The molecule has 2 aliphatic rings. The molecule has 2 aliphatic heterocycles. The molecule has 0 bridgehead atoms. The van der Waals surface area contributed by atoms with Crippen molar-refractivity contribution < 1.29 is 13.2 Å². The second kappa shape index (κ2) is 6.93. The number of nitrogens with two attached hydrogens (primary N) is 1. The summed E-state index contributed by atoms with van der Waals surface area (Å²) in [6.45, 7) is 2.69. The van der Waals surface area contributed by atoms with Crippen LogP contribution >= 0.6 is 0 Å². The highest BCUT2D eigenvalue weighted by Gasteiger charge is 2.51. The zero-order valence-corrected chi connectivity index (χ0v) is 17.6. The highest BCUT2D eigenvalue weighted by Crippen LogP contribution is 2.36. The fourth-order valence-corrected chi connectivity index (χ4v) is 7.25. The average Bonchev–Trinajstić information content (AvgIpc) is 3.26. The number of hydrogen-bond donors (Lipinski definition) is 1. The minimum atomic E-state index is -3.23. The predicted octanol–water partition coefficient (Wildman–Crippen LogP) is 3.01. The third-order valence-electron chi connectivity index (χ3n) is 6.52. The Hall–Kier alpha value is -2.70. The summed E-state index contributed by atoms with van der Waals surface area (Å²) >= 11 is 0. The Morgan fingerprint density at radius 3 is 2.50 bits per heavy atom. The lowest BCUT2D eigenvalue weighted by Gasteiger charge is -2.20. The monoisotopic (exact) mass is 420 g/mol. The van der Waals surface area contributed by atoms with Gasteiger partial charge < -0.3 is 10.6 Å². The SMILES string of the molecule is Cc1cccc(-c2ccc(C(=O)N3C[C@H]4[C@H](N)CS(=O)(=O)[C@H]4C3)c3ccccc23)c1. The molecular formula is C24H24N2O3S. The number of likely N-dealkylation sites (tertiary alicyclic amines) is 1. The van der Waals surface area contributed by atoms with E-state index in [0.29, 0.717) is 12.1 Å². The molecule has 5 rings (SSSR count). The van der Waals surface area contributed by atoms with Crippen molar-refractivity contribution in [3.05, 3.63) is 71.8 Å². The Balaban J connectivity index is 1.55. The molecule has 154 valence electrons. The number of fused-ring (bicyclic) bond motifs is 2. The number of amides is 1. The minimum absolute atomic E-state index is 0.0263. The number of nitrogens with zero attached hydrogens (tertiary/aromatic N) is 1. The average molecular weight is 421 g/mol. The Labute approximate surface area is 176 Å². The van der Waals surface area contributed by atoms with Gasteiger partial charge in [0, 0.05) is 30.6 Å². The molecule has 2 heterocycles. The quantitative estimate of drug-likeness (QED) is 0.691. The van der Waals surface area contributed by atoms with Gasteiger partial charge in [0.2, 0.25) is 0 Å². The molecule has 6 heteroatoms. The van der Waals surface area contributed by atoms with E-state index in [4.69, 9.17) is 5.73 Å². The van der Waals surface area contributed by atoms with E-state index in [1.807, 2.05) is 42.5 Å². The first kappa shape index (κ1) is 19.3. The van der Waals surface area contributed by atoms with Crippen molar-refractivity contribution in [3.8, 4) is 11.1 Å². The molecule has 2 fully saturated rings. The van der Waals surface area contributed by atoms with E-state index in [1.165, 1.54) is 5.56 Å². The second-order valence-electron chi connectivity index (χ2n) is 8.48. The molecule has 3 aromatic rings. The summed E-state index contributed by atoms with van der Waals surface area (Å²) in [4.78, 5) is 15.1. The molecule has 0 aliphatic carbocycles. The molecule has 30 heavy (non-hydrogen) atoms. The van der Waals surface area contributed by atoms with Crippen molar-refractivity contribution in [1.82, 2.24) is 4.90 Å². The van der Waals surface area contributed by atoms with Crippen molar-refractivity contribution in [3.63, 3.8) is 0 Å². The molecule has 3 atom stereocenters. The van der Waals surface area contributed by atoms with Crippen LogP contribution < -0.4 is 5.73 Å². The van der Waals surface area contributed by atoms with Gasteiger partial charge in [-0.3, -0.25) is 4.79 Å². The normalized spacial score (nSPS) is 24.9. The van der Waals surface area contributed by atoms with Gasteiger partial charge in [-0.15, -0.1) is 0 Å². The first-order chi connectivity index (χ1) is 14.3. The maximum absolute atomic E-state index is 13.4. The largest absolute Gasteiger partial charge is 0.337 e. The van der Waals surface area contributed by atoms with Crippen molar-refractivity contribution >= 4 is 26.5 Å². The minimum Gasteiger partial charge on any atom is -0.337 e.